The van der Waals surface area contributed by atoms with Crippen LogP contribution in [0.5, 0.6) is 0 Å². The van der Waals surface area contributed by atoms with Gasteiger partial charge in [0.2, 0.25) is 0 Å². The summed E-state index contributed by atoms with van der Waals surface area (Å²) in [5.41, 5.74) is 3.46. The number of aryl methyl sites for hydroxylation is 2. The number of rotatable bonds is 6. The molecule has 1 saturated heterocycles. The van der Waals surface area contributed by atoms with E-state index in [1.54, 1.807) is 0 Å². The van der Waals surface area contributed by atoms with Gasteiger partial charge in [-0.1, -0.05) is 6.92 Å². The van der Waals surface area contributed by atoms with Crippen molar-refractivity contribution in [3.8, 4) is 0 Å². The summed E-state index contributed by atoms with van der Waals surface area (Å²) >= 11 is 0. The Labute approximate surface area is 143 Å². The van der Waals surface area contributed by atoms with Crippen molar-refractivity contribution in [2.45, 2.75) is 52.2 Å². The fraction of sp³-hybridized carbons (Fsp3) is 0.526. The van der Waals surface area contributed by atoms with Gasteiger partial charge in [0.05, 0.1) is 5.69 Å². The standard InChI is InChI=1S/C19H27FN4/c1-3-10-24-13-16(15(2)22-24)12-23-11-4-5-19(14-23)21-18-8-6-17(20)7-9-18/h6-9,13,19,21H,3-5,10-12,14H2,1-2H3/t19-/m0/s1. The molecule has 1 atom stereocenters. The van der Waals surface area contributed by atoms with E-state index in [1.165, 1.54) is 24.1 Å². The van der Waals surface area contributed by atoms with Crippen LogP contribution in [-0.2, 0) is 13.1 Å². The molecule has 1 aromatic heterocycles. The Kier molecular flexibility index (Phi) is 5.51. The van der Waals surface area contributed by atoms with Crippen molar-refractivity contribution in [2.24, 2.45) is 0 Å². The fourth-order valence-electron chi connectivity index (χ4n) is 3.40. The second kappa shape index (κ2) is 7.79. The molecule has 1 aromatic carbocycles. The molecule has 5 heteroatoms. The molecule has 0 spiro atoms. The van der Waals surface area contributed by atoms with Crippen LogP contribution in [0.4, 0.5) is 10.1 Å². The van der Waals surface area contributed by atoms with E-state index in [1.807, 2.05) is 12.1 Å². The molecule has 0 bridgehead atoms. The van der Waals surface area contributed by atoms with Gasteiger partial charge in [-0.15, -0.1) is 0 Å². The number of hydrogen-bond donors (Lipinski definition) is 1. The number of nitrogens with one attached hydrogen (secondary N) is 1. The monoisotopic (exact) mass is 330 g/mol. The van der Waals surface area contributed by atoms with Crippen molar-refractivity contribution >= 4 is 5.69 Å². The molecule has 130 valence electrons. The van der Waals surface area contributed by atoms with Crippen molar-refractivity contribution < 1.29 is 4.39 Å². The molecule has 1 aliphatic rings. The largest absolute Gasteiger partial charge is 0.381 e. The Morgan fingerprint density at radius 3 is 2.83 bits per heavy atom. The minimum atomic E-state index is -0.189. The van der Waals surface area contributed by atoms with Crippen molar-refractivity contribution in [1.82, 2.24) is 14.7 Å². The summed E-state index contributed by atoms with van der Waals surface area (Å²) in [6, 6.07) is 7.05. The van der Waals surface area contributed by atoms with Crippen LogP contribution in [0, 0.1) is 12.7 Å². The van der Waals surface area contributed by atoms with Crippen LogP contribution >= 0.6 is 0 Å². The summed E-state index contributed by atoms with van der Waals surface area (Å²) in [7, 11) is 0. The predicted molar refractivity (Wildman–Crippen MR) is 95.6 cm³/mol. The molecule has 0 unspecified atom stereocenters. The maximum Gasteiger partial charge on any atom is 0.123 e. The first-order valence-corrected chi connectivity index (χ1v) is 8.91. The van der Waals surface area contributed by atoms with Gasteiger partial charge in [-0.2, -0.15) is 5.10 Å². The first kappa shape index (κ1) is 17.0. The van der Waals surface area contributed by atoms with Crippen LogP contribution in [0.3, 0.4) is 0 Å². The maximum atomic E-state index is 13.0. The topological polar surface area (TPSA) is 33.1 Å². The molecule has 4 nitrogen and oxygen atoms in total. The van der Waals surface area contributed by atoms with Gasteiger partial charge in [-0.25, -0.2) is 4.39 Å². The van der Waals surface area contributed by atoms with Gasteiger partial charge in [0.1, 0.15) is 5.82 Å². The van der Waals surface area contributed by atoms with E-state index in [9.17, 15) is 4.39 Å². The lowest BCUT2D eigenvalue weighted by Crippen LogP contribution is -2.41. The summed E-state index contributed by atoms with van der Waals surface area (Å²) in [6.45, 7) is 8.34. The van der Waals surface area contributed by atoms with Crippen LogP contribution in [-0.4, -0.2) is 33.8 Å². The van der Waals surface area contributed by atoms with E-state index in [4.69, 9.17) is 0 Å². The van der Waals surface area contributed by atoms with Gasteiger partial charge >= 0.3 is 0 Å². The molecule has 1 N–H and O–H groups in total. The van der Waals surface area contributed by atoms with Crippen LogP contribution in [0.1, 0.15) is 37.4 Å². The van der Waals surface area contributed by atoms with Crippen molar-refractivity contribution in [2.75, 3.05) is 18.4 Å². The third kappa shape index (κ3) is 4.35. The van der Waals surface area contributed by atoms with Gasteiger partial charge in [0, 0.05) is 43.1 Å². The highest BCUT2D eigenvalue weighted by atomic mass is 19.1. The molecule has 0 aliphatic carbocycles. The molecule has 0 radical (unpaired) electrons. The Morgan fingerprint density at radius 2 is 2.08 bits per heavy atom. The number of benzene rings is 1. The van der Waals surface area contributed by atoms with Crippen molar-refractivity contribution in [3.05, 3.63) is 47.5 Å². The molecule has 1 aliphatic heterocycles. The highest BCUT2D eigenvalue weighted by Gasteiger charge is 2.21. The number of piperidine rings is 1. The Balaban J connectivity index is 1.58. The van der Waals surface area contributed by atoms with E-state index in [2.05, 4.69) is 40.0 Å². The summed E-state index contributed by atoms with van der Waals surface area (Å²) in [5, 5.41) is 8.13. The number of aromatic nitrogens is 2. The SMILES string of the molecule is CCCn1cc(CN2CCC[C@H](Nc3ccc(F)cc3)C2)c(C)n1. The second-order valence-corrected chi connectivity index (χ2v) is 6.73. The normalized spacial score (nSPS) is 18.7. The van der Waals surface area contributed by atoms with E-state index < -0.39 is 0 Å². The quantitative estimate of drug-likeness (QED) is 0.874. The minimum absolute atomic E-state index is 0.189. The Bertz CT molecular complexity index is 650. The van der Waals surface area contributed by atoms with Gasteiger partial charge in [-0.3, -0.25) is 9.58 Å². The summed E-state index contributed by atoms with van der Waals surface area (Å²) < 4.78 is 15.1. The lowest BCUT2D eigenvalue weighted by atomic mass is 10.0. The third-order valence-corrected chi connectivity index (χ3v) is 4.62. The van der Waals surface area contributed by atoms with Crippen LogP contribution in [0.15, 0.2) is 30.5 Å². The first-order valence-electron chi connectivity index (χ1n) is 8.91. The minimum Gasteiger partial charge on any atom is -0.381 e. The Morgan fingerprint density at radius 1 is 1.29 bits per heavy atom. The molecular weight excluding hydrogens is 303 g/mol. The molecule has 0 saturated carbocycles. The van der Waals surface area contributed by atoms with Crippen molar-refractivity contribution in [3.63, 3.8) is 0 Å². The Hall–Kier alpha value is -1.88. The fourth-order valence-corrected chi connectivity index (χ4v) is 3.40. The summed E-state index contributed by atoms with van der Waals surface area (Å²) in [6.07, 6.45) is 5.63. The van der Waals surface area contributed by atoms with E-state index >= 15 is 0 Å². The zero-order valence-electron chi connectivity index (χ0n) is 14.6. The summed E-state index contributed by atoms with van der Waals surface area (Å²) in [5.74, 6) is -0.189. The van der Waals surface area contributed by atoms with Crippen LogP contribution < -0.4 is 5.32 Å². The van der Waals surface area contributed by atoms with Gasteiger partial charge in [0.25, 0.3) is 0 Å². The smallest absolute Gasteiger partial charge is 0.123 e. The lowest BCUT2D eigenvalue weighted by molar-refractivity contribution is 0.208. The lowest BCUT2D eigenvalue weighted by Gasteiger charge is -2.33. The summed E-state index contributed by atoms with van der Waals surface area (Å²) in [4.78, 5) is 2.49. The molecule has 2 aromatic rings. The third-order valence-electron chi connectivity index (χ3n) is 4.62. The van der Waals surface area contributed by atoms with Gasteiger partial charge < -0.3 is 5.32 Å². The molecule has 2 heterocycles. The highest BCUT2D eigenvalue weighted by Crippen LogP contribution is 2.19. The number of anilines is 1. The predicted octanol–water partition coefficient (Wildman–Crippen LogP) is 3.82. The maximum absolute atomic E-state index is 13.0. The second-order valence-electron chi connectivity index (χ2n) is 6.73. The van der Waals surface area contributed by atoms with Crippen LogP contribution in [0.25, 0.3) is 0 Å². The first-order chi connectivity index (χ1) is 11.6. The number of hydrogen-bond acceptors (Lipinski definition) is 3. The molecule has 3 rings (SSSR count). The molecular formula is C19H27FN4. The van der Waals surface area contributed by atoms with E-state index in [-0.39, 0.29) is 5.82 Å². The number of halogens is 1. The van der Waals surface area contributed by atoms with Gasteiger partial charge in [0.15, 0.2) is 0 Å². The average Bonchev–Trinajstić information content (AvgIpc) is 2.90. The molecule has 1 fully saturated rings. The van der Waals surface area contributed by atoms with Crippen LogP contribution in [0.2, 0.25) is 0 Å². The molecule has 24 heavy (non-hydrogen) atoms. The van der Waals surface area contributed by atoms with E-state index in [0.717, 1.165) is 50.4 Å². The number of likely N-dealkylation sites (tertiary alicyclic amines) is 1. The number of nitrogens with zero attached hydrogens (tertiary/aromatic N) is 3. The van der Waals surface area contributed by atoms with E-state index in [0.29, 0.717) is 6.04 Å². The average molecular weight is 330 g/mol. The molecule has 0 amide bonds. The zero-order chi connectivity index (χ0) is 16.9. The zero-order valence-corrected chi connectivity index (χ0v) is 14.6. The highest BCUT2D eigenvalue weighted by molar-refractivity contribution is 5.43. The van der Waals surface area contributed by atoms with Gasteiger partial charge in [-0.05, 0) is 57.0 Å². The van der Waals surface area contributed by atoms with Crippen molar-refractivity contribution in [1.29, 1.82) is 0 Å².